The number of ketones is 2. The number of aliphatic hydroxyl groups is 1. The van der Waals surface area contributed by atoms with Gasteiger partial charge >= 0.3 is 12.1 Å². The number of carbonyl (C=O) groups excluding carboxylic acids is 4. The van der Waals surface area contributed by atoms with E-state index < -0.39 is 83.4 Å². The fourth-order valence-electron chi connectivity index (χ4n) is 9.53. The zero-order chi connectivity index (χ0) is 42.7. The van der Waals surface area contributed by atoms with Crippen molar-refractivity contribution in [1.29, 1.82) is 0 Å². The first-order valence-corrected chi connectivity index (χ1v) is 20.9. The number of hydrogen-bond donors (Lipinski definition) is 1. The van der Waals surface area contributed by atoms with Gasteiger partial charge in [0, 0.05) is 55.8 Å². The number of rotatable bonds is 11. The van der Waals surface area contributed by atoms with Gasteiger partial charge in [0.15, 0.2) is 17.7 Å². The summed E-state index contributed by atoms with van der Waals surface area (Å²) >= 11 is 0. The van der Waals surface area contributed by atoms with Gasteiger partial charge in [0.05, 0.1) is 35.9 Å². The number of esters is 1. The molecule has 5 rings (SSSR count). The molecule has 3 aliphatic heterocycles. The van der Waals surface area contributed by atoms with Crippen LogP contribution in [0.25, 0.3) is 11.3 Å². The molecular formula is C44H66N4O10. The largest absolute Gasteiger partial charge is 0.458 e. The SMILES string of the molecule is CC[C@H]1OC(=O)[C@H](C)C(=O)[C@H](C)[C@@H](O[C@H]2O[C@@H](C)C[C@@H](N(C)C)[C@@H]2O)[C@](C)(OC)C[C@@H](C)C(=O)[C@@H](C)[C@H]2N(CCCCn3cnc(-c4ccccc4)c3)C(=O)O[C@]12C. The van der Waals surface area contributed by atoms with Gasteiger partial charge < -0.3 is 43.2 Å². The topological polar surface area (TPSA) is 159 Å². The van der Waals surface area contributed by atoms with Crippen LogP contribution in [0.4, 0.5) is 4.79 Å². The molecule has 3 saturated heterocycles. The Hall–Kier alpha value is -3.69. The Morgan fingerprint density at radius 2 is 1.64 bits per heavy atom. The van der Waals surface area contributed by atoms with E-state index in [4.69, 9.17) is 23.7 Å². The lowest BCUT2D eigenvalue weighted by molar-refractivity contribution is -0.295. The van der Waals surface area contributed by atoms with Crippen LogP contribution in [0, 0.1) is 23.7 Å². The molecule has 1 aromatic carbocycles. The van der Waals surface area contributed by atoms with E-state index in [1.807, 2.05) is 80.9 Å². The van der Waals surface area contributed by atoms with E-state index in [0.717, 1.165) is 17.7 Å². The highest BCUT2D eigenvalue weighted by Gasteiger charge is 2.60. The lowest BCUT2D eigenvalue weighted by Gasteiger charge is -2.47. The molecule has 0 saturated carbocycles. The number of fused-ring (bicyclic) bond motifs is 1. The molecule has 0 aliphatic carbocycles. The summed E-state index contributed by atoms with van der Waals surface area (Å²) in [5.74, 6) is -4.92. The number of aryl methyl sites for hydroxylation is 1. The summed E-state index contributed by atoms with van der Waals surface area (Å²) in [6.07, 6.45) is 1.10. The Morgan fingerprint density at radius 3 is 2.28 bits per heavy atom. The van der Waals surface area contributed by atoms with Gasteiger partial charge in [-0.25, -0.2) is 9.78 Å². The van der Waals surface area contributed by atoms with Crippen molar-refractivity contribution in [1.82, 2.24) is 19.4 Å². The zero-order valence-electron chi connectivity index (χ0n) is 36.3. The van der Waals surface area contributed by atoms with Crippen LogP contribution in [-0.2, 0) is 44.6 Å². The highest BCUT2D eigenvalue weighted by molar-refractivity contribution is 6.00. The standard InChI is InChI=1S/C44H66N4O10/c1-12-34-44(8)38(48(42(53)58-44)21-17-16-20-47-24-32(45-25-47)31-18-14-13-15-19-31)28(4)35(49)26(2)23-43(7,54-11)39(29(5)36(50)30(6)40(52)56-34)57-41-37(51)33(46(9)10)22-27(3)55-41/h13-15,18-19,24-30,33-34,37-39,41,51H,12,16-17,20-23H2,1-11H3/t26-,27+,28-,29+,30-,33-,34-,37+,38-,39-,41-,43-,44-/m1/s1. The maximum Gasteiger partial charge on any atom is 0.410 e. The number of unbranched alkanes of at least 4 members (excludes halogenated alkanes) is 1. The number of aromatic nitrogens is 2. The summed E-state index contributed by atoms with van der Waals surface area (Å²) in [7, 11) is 5.25. The van der Waals surface area contributed by atoms with Crippen molar-refractivity contribution < 1.29 is 48.0 Å². The first kappa shape index (κ1) is 45.4. The number of imidazole rings is 1. The summed E-state index contributed by atoms with van der Waals surface area (Å²) in [6.45, 7) is 15.0. The third kappa shape index (κ3) is 9.36. The van der Waals surface area contributed by atoms with E-state index in [1.165, 1.54) is 14.0 Å². The highest BCUT2D eigenvalue weighted by Crippen LogP contribution is 2.43. The molecule has 3 fully saturated rings. The van der Waals surface area contributed by atoms with Crippen molar-refractivity contribution in [2.24, 2.45) is 23.7 Å². The van der Waals surface area contributed by atoms with E-state index >= 15 is 0 Å². The number of nitrogens with zero attached hydrogens (tertiary/aromatic N) is 4. The predicted octanol–water partition coefficient (Wildman–Crippen LogP) is 5.53. The first-order valence-electron chi connectivity index (χ1n) is 20.9. The zero-order valence-corrected chi connectivity index (χ0v) is 36.3. The number of ether oxygens (including phenoxy) is 5. The van der Waals surface area contributed by atoms with Gasteiger partial charge in [0.1, 0.15) is 23.9 Å². The summed E-state index contributed by atoms with van der Waals surface area (Å²) in [4.78, 5) is 64.9. The number of benzene rings is 1. The molecule has 2 aromatic rings. The second-order valence-electron chi connectivity index (χ2n) is 17.4. The maximum atomic E-state index is 14.7. The molecule has 13 atom stereocenters. The average molecular weight is 811 g/mol. The minimum atomic E-state index is -1.39. The quantitative estimate of drug-likeness (QED) is 0.172. The van der Waals surface area contributed by atoms with Gasteiger partial charge in [-0.3, -0.25) is 14.4 Å². The molecule has 0 unspecified atom stereocenters. The van der Waals surface area contributed by atoms with Gasteiger partial charge in [-0.15, -0.1) is 0 Å². The Morgan fingerprint density at radius 1 is 0.966 bits per heavy atom. The predicted molar refractivity (Wildman–Crippen MR) is 216 cm³/mol. The molecule has 14 heteroatoms. The van der Waals surface area contributed by atoms with Gasteiger partial charge in [-0.05, 0) is 73.9 Å². The van der Waals surface area contributed by atoms with Crippen LogP contribution >= 0.6 is 0 Å². The second kappa shape index (κ2) is 18.7. The summed E-state index contributed by atoms with van der Waals surface area (Å²) in [6, 6.07) is 8.88. The normalized spacial score (nSPS) is 36.7. The molecule has 4 heterocycles. The van der Waals surface area contributed by atoms with E-state index in [0.29, 0.717) is 25.9 Å². The summed E-state index contributed by atoms with van der Waals surface area (Å²) in [5.41, 5.74) is -0.755. The molecule has 14 nitrogen and oxygen atoms in total. The highest BCUT2D eigenvalue weighted by atomic mass is 16.7. The molecule has 0 radical (unpaired) electrons. The third-order valence-corrected chi connectivity index (χ3v) is 12.9. The summed E-state index contributed by atoms with van der Waals surface area (Å²) < 4.78 is 33.3. The van der Waals surface area contributed by atoms with Crippen molar-refractivity contribution in [3.63, 3.8) is 0 Å². The first-order chi connectivity index (χ1) is 27.4. The number of hydrogen-bond acceptors (Lipinski definition) is 12. The summed E-state index contributed by atoms with van der Waals surface area (Å²) in [5, 5.41) is 11.4. The maximum absolute atomic E-state index is 14.7. The minimum Gasteiger partial charge on any atom is -0.458 e. The smallest absolute Gasteiger partial charge is 0.410 e. The molecule has 1 aromatic heterocycles. The molecule has 3 aliphatic rings. The number of likely N-dealkylation sites (N-methyl/N-ethyl adjacent to an activating group) is 1. The van der Waals surface area contributed by atoms with Gasteiger partial charge in [-0.2, -0.15) is 0 Å². The molecule has 322 valence electrons. The molecule has 1 N–H and O–H groups in total. The Bertz CT molecular complexity index is 1740. The molecule has 0 spiro atoms. The van der Waals surface area contributed by atoms with Gasteiger partial charge in [0.2, 0.25) is 0 Å². The molecule has 1 amide bonds. The Labute approximate surface area is 343 Å². The fraction of sp³-hybridized carbons (Fsp3) is 0.705. The number of amides is 1. The van der Waals surface area contributed by atoms with E-state index in [1.54, 1.807) is 38.9 Å². The van der Waals surface area contributed by atoms with E-state index in [9.17, 15) is 24.3 Å². The van der Waals surface area contributed by atoms with Crippen LogP contribution < -0.4 is 0 Å². The second-order valence-corrected chi connectivity index (χ2v) is 17.4. The van der Waals surface area contributed by atoms with Gasteiger partial charge in [-0.1, -0.05) is 58.0 Å². The van der Waals surface area contributed by atoms with Crippen LogP contribution in [0.1, 0.15) is 87.5 Å². The van der Waals surface area contributed by atoms with Crippen molar-refractivity contribution in [2.45, 2.75) is 148 Å². The van der Waals surface area contributed by atoms with Crippen molar-refractivity contribution >= 4 is 23.6 Å². The lowest BCUT2D eigenvalue weighted by Crippen LogP contribution is -2.60. The van der Waals surface area contributed by atoms with Gasteiger partial charge in [0.25, 0.3) is 0 Å². The van der Waals surface area contributed by atoms with Crippen LogP contribution in [0.3, 0.4) is 0 Å². The average Bonchev–Trinajstić information content (AvgIpc) is 3.78. The van der Waals surface area contributed by atoms with E-state index in [2.05, 4.69) is 4.98 Å². The van der Waals surface area contributed by atoms with E-state index in [-0.39, 0.29) is 30.8 Å². The number of Topliss-reactive ketones (excluding diaryl/α,β-unsaturated/α-hetero) is 2. The Balaban J connectivity index is 1.43. The number of methoxy groups -OCH3 is 1. The minimum absolute atomic E-state index is 0.134. The molecule has 0 bridgehead atoms. The van der Waals surface area contributed by atoms with Crippen LogP contribution in [0.5, 0.6) is 0 Å². The van der Waals surface area contributed by atoms with Crippen LogP contribution in [0.15, 0.2) is 42.9 Å². The monoisotopic (exact) mass is 810 g/mol. The lowest BCUT2D eigenvalue weighted by atomic mass is 9.73. The number of cyclic esters (lactones) is 1. The van der Waals surface area contributed by atoms with Crippen molar-refractivity contribution in [3.05, 3.63) is 42.9 Å². The van der Waals surface area contributed by atoms with Crippen LogP contribution in [0.2, 0.25) is 0 Å². The Kier molecular flexibility index (Phi) is 14.6. The number of carbonyl (C=O) groups is 4. The van der Waals surface area contributed by atoms with Crippen molar-refractivity contribution in [3.8, 4) is 11.3 Å². The fourth-order valence-corrected chi connectivity index (χ4v) is 9.53. The van der Waals surface area contributed by atoms with Crippen LogP contribution in [-0.4, -0.2) is 130 Å². The number of aliphatic hydroxyl groups excluding tert-OH is 1. The molecular weight excluding hydrogens is 745 g/mol. The van der Waals surface area contributed by atoms with Crippen molar-refractivity contribution in [2.75, 3.05) is 27.7 Å². The molecule has 58 heavy (non-hydrogen) atoms. The third-order valence-electron chi connectivity index (χ3n) is 12.9.